The third-order valence-corrected chi connectivity index (χ3v) is 4.02. The first-order valence-corrected chi connectivity index (χ1v) is 8.11. The highest BCUT2D eigenvalue weighted by Gasteiger charge is 2.19. The lowest BCUT2D eigenvalue weighted by molar-refractivity contribution is 0.103. The Balaban J connectivity index is 2.54. The second-order valence-electron chi connectivity index (χ2n) is 5.51. The maximum atomic E-state index is 13.1. The van der Waals surface area contributed by atoms with Crippen LogP contribution in [-0.2, 0) is 6.42 Å². The number of hydrogen-bond acceptors (Lipinski definition) is 5. The van der Waals surface area contributed by atoms with Crippen molar-refractivity contribution >= 4 is 5.78 Å². The minimum absolute atomic E-state index is 0.0923. The zero-order valence-corrected chi connectivity index (χ0v) is 15.3. The molecule has 0 heterocycles. The molecule has 0 saturated heterocycles. The molecule has 0 saturated carbocycles. The monoisotopic (exact) mass is 344 g/mol. The first-order valence-electron chi connectivity index (χ1n) is 8.11. The van der Waals surface area contributed by atoms with Crippen molar-refractivity contribution < 1.29 is 23.7 Å². The molecule has 0 bridgehead atoms. The molecule has 0 radical (unpaired) electrons. The summed E-state index contributed by atoms with van der Waals surface area (Å²) in [4.78, 5) is 13.1. The summed E-state index contributed by atoms with van der Waals surface area (Å²) < 4.78 is 21.2. The number of aryl methyl sites for hydroxylation is 1. The Morgan fingerprint density at radius 2 is 1.36 bits per heavy atom. The summed E-state index contributed by atoms with van der Waals surface area (Å²) in [5.74, 6) is 2.16. The SMILES string of the molecule is CCCc1cc(OC)c(OC)cc1C(=O)c1ccc(OC)c(OC)c1. The lowest BCUT2D eigenvalue weighted by atomic mass is 9.95. The van der Waals surface area contributed by atoms with Gasteiger partial charge in [-0.2, -0.15) is 0 Å². The molecule has 2 aromatic carbocycles. The van der Waals surface area contributed by atoms with Gasteiger partial charge in [-0.25, -0.2) is 0 Å². The van der Waals surface area contributed by atoms with Crippen molar-refractivity contribution in [3.8, 4) is 23.0 Å². The minimum atomic E-state index is -0.0923. The number of methoxy groups -OCH3 is 4. The highest BCUT2D eigenvalue weighted by molar-refractivity contribution is 6.10. The van der Waals surface area contributed by atoms with E-state index in [-0.39, 0.29) is 5.78 Å². The molecule has 0 amide bonds. The van der Waals surface area contributed by atoms with Crippen LogP contribution in [0.3, 0.4) is 0 Å². The van der Waals surface area contributed by atoms with Crippen molar-refractivity contribution in [1.29, 1.82) is 0 Å². The van der Waals surface area contributed by atoms with Crippen LogP contribution in [0.4, 0.5) is 0 Å². The third kappa shape index (κ3) is 3.87. The Kier molecular flexibility index (Phi) is 6.28. The minimum Gasteiger partial charge on any atom is -0.493 e. The molecule has 0 aliphatic carbocycles. The highest BCUT2D eigenvalue weighted by Crippen LogP contribution is 2.34. The van der Waals surface area contributed by atoms with Gasteiger partial charge in [0.15, 0.2) is 28.8 Å². The second-order valence-corrected chi connectivity index (χ2v) is 5.51. The van der Waals surface area contributed by atoms with Crippen LogP contribution in [-0.4, -0.2) is 34.2 Å². The maximum Gasteiger partial charge on any atom is 0.193 e. The van der Waals surface area contributed by atoms with E-state index >= 15 is 0 Å². The average Bonchev–Trinajstić information content (AvgIpc) is 2.66. The smallest absolute Gasteiger partial charge is 0.193 e. The number of benzene rings is 2. The van der Waals surface area contributed by atoms with E-state index in [4.69, 9.17) is 18.9 Å². The highest BCUT2D eigenvalue weighted by atomic mass is 16.5. The normalized spacial score (nSPS) is 10.3. The molecule has 2 rings (SSSR count). The van der Waals surface area contributed by atoms with Crippen LogP contribution >= 0.6 is 0 Å². The molecule has 25 heavy (non-hydrogen) atoms. The van der Waals surface area contributed by atoms with E-state index in [1.54, 1.807) is 52.7 Å². The van der Waals surface area contributed by atoms with Gasteiger partial charge in [-0.3, -0.25) is 4.79 Å². The Hall–Kier alpha value is -2.69. The topological polar surface area (TPSA) is 54.0 Å². The first-order chi connectivity index (χ1) is 12.1. The fraction of sp³-hybridized carbons (Fsp3) is 0.350. The Labute approximate surface area is 148 Å². The molecule has 0 aliphatic rings. The van der Waals surface area contributed by atoms with Gasteiger partial charge in [-0.15, -0.1) is 0 Å². The fourth-order valence-electron chi connectivity index (χ4n) is 2.74. The fourth-order valence-corrected chi connectivity index (χ4v) is 2.74. The van der Waals surface area contributed by atoms with Crippen molar-refractivity contribution in [2.24, 2.45) is 0 Å². The zero-order valence-electron chi connectivity index (χ0n) is 15.3. The molecule has 5 heteroatoms. The number of hydrogen-bond donors (Lipinski definition) is 0. The number of ether oxygens (including phenoxy) is 4. The van der Waals surface area contributed by atoms with E-state index in [0.29, 0.717) is 34.1 Å². The van der Waals surface area contributed by atoms with Crippen molar-refractivity contribution in [2.75, 3.05) is 28.4 Å². The van der Waals surface area contributed by atoms with Crippen LogP contribution in [0.25, 0.3) is 0 Å². The van der Waals surface area contributed by atoms with Gasteiger partial charge in [0, 0.05) is 11.1 Å². The molecule has 0 N–H and O–H groups in total. The van der Waals surface area contributed by atoms with E-state index in [0.717, 1.165) is 18.4 Å². The van der Waals surface area contributed by atoms with Gasteiger partial charge in [0.05, 0.1) is 28.4 Å². The third-order valence-electron chi connectivity index (χ3n) is 4.02. The number of rotatable bonds is 8. The molecule has 0 aromatic heterocycles. The van der Waals surface area contributed by atoms with Gasteiger partial charge in [-0.05, 0) is 42.3 Å². The van der Waals surface area contributed by atoms with E-state index < -0.39 is 0 Å². The first kappa shape index (κ1) is 18.6. The molecular formula is C20H24O5. The summed E-state index contributed by atoms with van der Waals surface area (Å²) in [6, 6.07) is 8.76. The zero-order chi connectivity index (χ0) is 18.4. The number of carbonyl (C=O) groups is 1. The molecule has 0 fully saturated rings. The standard InChI is InChI=1S/C20H24O5/c1-6-7-13-10-18(24-4)19(25-5)12-15(13)20(21)14-8-9-16(22-2)17(11-14)23-3/h8-12H,6-7H2,1-5H3. The molecule has 5 nitrogen and oxygen atoms in total. The summed E-state index contributed by atoms with van der Waals surface area (Å²) >= 11 is 0. The largest absolute Gasteiger partial charge is 0.493 e. The predicted molar refractivity (Wildman–Crippen MR) is 96.5 cm³/mol. The van der Waals surface area contributed by atoms with Crippen LogP contribution in [0, 0.1) is 0 Å². The Morgan fingerprint density at radius 3 is 1.92 bits per heavy atom. The molecule has 0 aliphatic heterocycles. The van der Waals surface area contributed by atoms with Crippen LogP contribution < -0.4 is 18.9 Å². The van der Waals surface area contributed by atoms with Gasteiger partial charge in [0.25, 0.3) is 0 Å². The van der Waals surface area contributed by atoms with Crippen LogP contribution in [0.5, 0.6) is 23.0 Å². The average molecular weight is 344 g/mol. The molecule has 2 aromatic rings. The molecule has 134 valence electrons. The molecule has 0 unspecified atom stereocenters. The van der Waals surface area contributed by atoms with Crippen molar-refractivity contribution in [3.63, 3.8) is 0 Å². The van der Waals surface area contributed by atoms with Crippen molar-refractivity contribution in [2.45, 2.75) is 19.8 Å². The van der Waals surface area contributed by atoms with Gasteiger partial charge in [-0.1, -0.05) is 13.3 Å². The molecular weight excluding hydrogens is 320 g/mol. The van der Waals surface area contributed by atoms with Gasteiger partial charge in [0.1, 0.15) is 0 Å². The summed E-state index contributed by atoms with van der Waals surface area (Å²) in [6.45, 7) is 2.07. The van der Waals surface area contributed by atoms with Crippen molar-refractivity contribution in [3.05, 3.63) is 47.0 Å². The number of ketones is 1. The Morgan fingerprint density at radius 1 is 0.800 bits per heavy atom. The van der Waals surface area contributed by atoms with Crippen LogP contribution in [0.1, 0.15) is 34.8 Å². The van der Waals surface area contributed by atoms with Gasteiger partial charge in [0.2, 0.25) is 0 Å². The van der Waals surface area contributed by atoms with E-state index in [2.05, 4.69) is 6.92 Å². The van der Waals surface area contributed by atoms with Crippen molar-refractivity contribution in [1.82, 2.24) is 0 Å². The summed E-state index contributed by atoms with van der Waals surface area (Å²) in [5.41, 5.74) is 2.06. The quantitative estimate of drug-likeness (QED) is 0.680. The maximum absolute atomic E-state index is 13.1. The van der Waals surface area contributed by atoms with E-state index in [1.807, 2.05) is 6.07 Å². The van der Waals surface area contributed by atoms with E-state index in [1.165, 1.54) is 0 Å². The molecule has 0 atom stereocenters. The van der Waals surface area contributed by atoms with Crippen LogP contribution in [0.2, 0.25) is 0 Å². The Bertz CT molecular complexity index is 752. The van der Waals surface area contributed by atoms with Gasteiger partial charge < -0.3 is 18.9 Å². The molecule has 0 spiro atoms. The lowest BCUT2D eigenvalue weighted by Gasteiger charge is -2.15. The van der Waals surface area contributed by atoms with Crippen LogP contribution in [0.15, 0.2) is 30.3 Å². The second kappa shape index (κ2) is 8.42. The predicted octanol–water partition coefficient (Wildman–Crippen LogP) is 3.90. The van der Waals surface area contributed by atoms with E-state index in [9.17, 15) is 4.79 Å². The lowest BCUT2D eigenvalue weighted by Crippen LogP contribution is -2.08. The number of carbonyl (C=O) groups excluding carboxylic acids is 1. The summed E-state index contributed by atoms with van der Waals surface area (Å²) in [5, 5.41) is 0. The summed E-state index contributed by atoms with van der Waals surface area (Å²) in [6.07, 6.45) is 1.69. The summed E-state index contributed by atoms with van der Waals surface area (Å²) in [7, 11) is 6.25. The van der Waals surface area contributed by atoms with Gasteiger partial charge >= 0.3 is 0 Å².